The molecule has 4 nitrogen and oxygen atoms in total. The average Bonchev–Trinajstić information content (AvgIpc) is 2.55. The van der Waals surface area contributed by atoms with Crippen molar-refractivity contribution >= 4 is 23.7 Å². The summed E-state index contributed by atoms with van der Waals surface area (Å²) in [5.74, 6) is 0.663. The van der Waals surface area contributed by atoms with E-state index in [0.717, 1.165) is 11.1 Å². The van der Waals surface area contributed by atoms with Crippen molar-refractivity contribution < 1.29 is 4.79 Å². The van der Waals surface area contributed by atoms with Gasteiger partial charge in [0.2, 0.25) is 0 Å². The number of fused-ring (bicyclic) bond motifs is 1. The van der Waals surface area contributed by atoms with Crippen molar-refractivity contribution in [2.75, 3.05) is 0 Å². The lowest BCUT2D eigenvalue weighted by molar-refractivity contribution is 0.111. The number of hydrogen-bond donors (Lipinski definition) is 0. The summed E-state index contributed by atoms with van der Waals surface area (Å²) in [6.07, 6.45) is 2.23. The predicted molar refractivity (Wildman–Crippen MR) is 87.6 cm³/mol. The molecule has 2 aromatic heterocycles. The molecule has 0 saturated heterocycles. The number of thioether (sulfide) groups is 1. The minimum Gasteiger partial charge on any atom is -0.298 e. The van der Waals surface area contributed by atoms with Gasteiger partial charge in [-0.3, -0.25) is 14.0 Å². The van der Waals surface area contributed by atoms with Crippen LogP contribution in [0.4, 0.5) is 0 Å². The molecular formula is C17H14N2O2S. The van der Waals surface area contributed by atoms with Gasteiger partial charge in [-0.15, -0.1) is 11.8 Å². The van der Waals surface area contributed by atoms with Crippen LogP contribution in [-0.4, -0.2) is 15.7 Å². The molecule has 110 valence electrons. The molecule has 0 spiro atoms. The van der Waals surface area contributed by atoms with E-state index < -0.39 is 0 Å². The lowest BCUT2D eigenvalue weighted by Gasteiger charge is -2.08. The van der Waals surface area contributed by atoms with Crippen LogP contribution >= 0.6 is 11.8 Å². The van der Waals surface area contributed by atoms with Crippen LogP contribution in [0.15, 0.2) is 58.5 Å². The highest BCUT2D eigenvalue weighted by atomic mass is 32.2. The number of pyridine rings is 1. The second-order valence-corrected chi connectivity index (χ2v) is 5.88. The van der Waals surface area contributed by atoms with Crippen molar-refractivity contribution in [2.45, 2.75) is 17.7 Å². The fourth-order valence-electron chi connectivity index (χ4n) is 2.23. The Morgan fingerprint density at radius 1 is 1.18 bits per heavy atom. The molecule has 1 aromatic carbocycles. The van der Waals surface area contributed by atoms with Crippen molar-refractivity contribution in [3.8, 4) is 0 Å². The van der Waals surface area contributed by atoms with Crippen LogP contribution in [-0.2, 0) is 5.75 Å². The normalized spacial score (nSPS) is 10.8. The average molecular weight is 310 g/mol. The van der Waals surface area contributed by atoms with Gasteiger partial charge in [0.1, 0.15) is 16.2 Å². The number of hydrogen-bond acceptors (Lipinski definition) is 4. The van der Waals surface area contributed by atoms with E-state index >= 15 is 0 Å². The summed E-state index contributed by atoms with van der Waals surface area (Å²) in [7, 11) is 0. The topological polar surface area (TPSA) is 51.4 Å². The van der Waals surface area contributed by atoms with E-state index in [1.54, 1.807) is 12.3 Å². The Morgan fingerprint density at radius 3 is 2.68 bits per heavy atom. The first-order valence-electron chi connectivity index (χ1n) is 6.84. The Balaban J connectivity index is 2.06. The van der Waals surface area contributed by atoms with Crippen LogP contribution in [0.1, 0.15) is 21.5 Å². The van der Waals surface area contributed by atoms with Gasteiger partial charge in [0.05, 0.1) is 0 Å². The SMILES string of the molecule is Cc1cccn2c(=O)c(C=O)c(SCc3ccccc3)nc12. The second-order valence-electron chi connectivity index (χ2n) is 4.91. The number of nitrogens with zero attached hydrogens (tertiary/aromatic N) is 2. The smallest absolute Gasteiger partial charge is 0.269 e. The molecule has 0 fully saturated rings. The van der Waals surface area contributed by atoms with Crippen molar-refractivity contribution in [2.24, 2.45) is 0 Å². The maximum absolute atomic E-state index is 12.4. The molecule has 0 bridgehead atoms. The molecule has 0 amide bonds. The van der Waals surface area contributed by atoms with Gasteiger partial charge in [0, 0.05) is 11.9 Å². The van der Waals surface area contributed by atoms with E-state index in [1.807, 2.05) is 43.3 Å². The molecule has 0 saturated carbocycles. The highest BCUT2D eigenvalue weighted by Gasteiger charge is 2.13. The zero-order valence-corrected chi connectivity index (χ0v) is 12.8. The highest BCUT2D eigenvalue weighted by molar-refractivity contribution is 7.98. The Labute approximate surface area is 131 Å². The summed E-state index contributed by atoms with van der Waals surface area (Å²) in [6.45, 7) is 1.90. The lowest BCUT2D eigenvalue weighted by atomic mass is 10.2. The summed E-state index contributed by atoms with van der Waals surface area (Å²) in [5, 5.41) is 0.484. The van der Waals surface area contributed by atoms with Crippen molar-refractivity contribution in [3.63, 3.8) is 0 Å². The first-order chi connectivity index (χ1) is 10.7. The molecule has 0 N–H and O–H groups in total. The molecule has 0 aliphatic rings. The molecule has 0 unspecified atom stereocenters. The Hall–Kier alpha value is -2.40. The van der Waals surface area contributed by atoms with Crippen LogP contribution in [0.5, 0.6) is 0 Å². The Morgan fingerprint density at radius 2 is 1.95 bits per heavy atom. The number of carbonyl (C=O) groups is 1. The number of aromatic nitrogens is 2. The van der Waals surface area contributed by atoms with Gasteiger partial charge in [-0.1, -0.05) is 36.4 Å². The highest BCUT2D eigenvalue weighted by Crippen LogP contribution is 2.23. The predicted octanol–water partition coefficient (Wildman–Crippen LogP) is 3.11. The van der Waals surface area contributed by atoms with Crippen molar-refractivity contribution in [1.82, 2.24) is 9.38 Å². The fraction of sp³-hybridized carbons (Fsp3) is 0.118. The maximum Gasteiger partial charge on any atom is 0.269 e. The standard InChI is InChI=1S/C17H14N2O2S/c1-12-6-5-9-19-15(12)18-16(14(10-20)17(19)21)22-11-13-7-3-2-4-8-13/h2-10H,11H2,1H3. The molecule has 22 heavy (non-hydrogen) atoms. The summed E-state index contributed by atoms with van der Waals surface area (Å²) in [4.78, 5) is 28.3. The minimum atomic E-state index is -0.320. The summed E-state index contributed by atoms with van der Waals surface area (Å²) < 4.78 is 1.42. The number of aryl methyl sites for hydroxylation is 1. The van der Waals surface area contributed by atoms with Gasteiger partial charge in [0.25, 0.3) is 5.56 Å². The first kappa shape index (κ1) is 14.5. The Kier molecular flexibility index (Phi) is 4.06. The Bertz CT molecular complexity index is 888. The third kappa shape index (κ3) is 2.67. The second kappa shape index (κ2) is 6.15. The van der Waals surface area contributed by atoms with Crippen LogP contribution in [0.3, 0.4) is 0 Å². The van der Waals surface area contributed by atoms with Gasteiger partial charge in [-0.2, -0.15) is 0 Å². The maximum atomic E-state index is 12.4. The third-order valence-electron chi connectivity index (χ3n) is 3.39. The molecule has 0 radical (unpaired) electrons. The van der Waals surface area contributed by atoms with E-state index in [2.05, 4.69) is 4.98 Å². The van der Waals surface area contributed by atoms with Crippen LogP contribution < -0.4 is 5.56 Å². The van der Waals surface area contributed by atoms with Gasteiger partial charge < -0.3 is 0 Å². The van der Waals surface area contributed by atoms with Crippen molar-refractivity contribution in [1.29, 1.82) is 0 Å². The van der Waals surface area contributed by atoms with Crippen LogP contribution in [0.25, 0.3) is 5.65 Å². The fourth-order valence-corrected chi connectivity index (χ4v) is 3.17. The van der Waals surface area contributed by atoms with Gasteiger partial charge in [-0.05, 0) is 24.1 Å². The van der Waals surface area contributed by atoms with Crippen LogP contribution in [0.2, 0.25) is 0 Å². The molecule has 5 heteroatoms. The molecule has 3 aromatic rings. The van der Waals surface area contributed by atoms with E-state index in [1.165, 1.54) is 16.2 Å². The summed E-state index contributed by atoms with van der Waals surface area (Å²) >= 11 is 1.41. The van der Waals surface area contributed by atoms with Gasteiger partial charge in [-0.25, -0.2) is 4.98 Å². The van der Waals surface area contributed by atoms with Gasteiger partial charge in [0.15, 0.2) is 6.29 Å². The molecule has 0 aliphatic carbocycles. The molecule has 2 heterocycles. The first-order valence-corrected chi connectivity index (χ1v) is 7.83. The zero-order valence-electron chi connectivity index (χ0n) is 12.0. The monoisotopic (exact) mass is 310 g/mol. The quantitative estimate of drug-likeness (QED) is 0.422. The largest absolute Gasteiger partial charge is 0.298 e. The van der Waals surface area contributed by atoms with E-state index in [4.69, 9.17) is 0 Å². The van der Waals surface area contributed by atoms with E-state index in [0.29, 0.717) is 22.7 Å². The number of benzene rings is 1. The molecule has 0 aliphatic heterocycles. The van der Waals surface area contributed by atoms with Gasteiger partial charge >= 0.3 is 0 Å². The number of rotatable bonds is 4. The molecule has 0 atom stereocenters. The molecule has 3 rings (SSSR count). The zero-order chi connectivity index (χ0) is 15.5. The third-order valence-corrected chi connectivity index (χ3v) is 4.45. The lowest BCUT2D eigenvalue weighted by Crippen LogP contribution is -2.21. The van der Waals surface area contributed by atoms with Crippen LogP contribution in [0, 0.1) is 6.92 Å². The van der Waals surface area contributed by atoms with E-state index in [-0.39, 0.29) is 11.1 Å². The minimum absolute atomic E-state index is 0.115. The molecular weight excluding hydrogens is 296 g/mol. The number of carbonyl (C=O) groups excluding carboxylic acids is 1. The number of aldehydes is 1. The van der Waals surface area contributed by atoms with Crippen molar-refractivity contribution in [3.05, 3.63) is 75.7 Å². The van der Waals surface area contributed by atoms with E-state index in [9.17, 15) is 9.59 Å². The summed E-state index contributed by atoms with van der Waals surface area (Å²) in [5.41, 5.74) is 2.41. The summed E-state index contributed by atoms with van der Waals surface area (Å²) in [6, 6.07) is 13.6.